The highest BCUT2D eigenvalue weighted by Crippen LogP contribution is 2.07. The minimum Gasteiger partial charge on any atom is -0.370 e. The van der Waals surface area contributed by atoms with Crippen LogP contribution < -0.4 is 11.1 Å². The Bertz CT molecular complexity index is 484. The molecule has 1 aromatic rings. The molecule has 1 aliphatic rings. The molecule has 1 saturated heterocycles. The number of nitrogens with two attached hydrogens (primary N) is 1. The zero-order valence-corrected chi connectivity index (χ0v) is 18.0. The van der Waals surface area contributed by atoms with E-state index in [4.69, 9.17) is 5.73 Å². The van der Waals surface area contributed by atoms with E-state index >= 15 is 0 Å². The van der Waals surface area contributed by atoms with Crippen molar-refractivity contribution in [3.8, 4) is 0 Å². The van der Waals surface area contributed by atoms with Crippen molar-refractivity contribution >= 4 is 29.9 Å². The van der Waals surface area contributed by atoms with Gasteiger partial charge in [0.2, 0.25) is 0 Å². The molecule has 3 N–H and O–H groups in total. The average Bonchev–Trinajstić information content (AvgIpc) is 2.57. The molecule has 6 heteroatoms. The Morgan fingerprint density at radius 2 is 1.76 bits per heavy atom. The molecular weight excluding hydrogens is 425 g/mol. The zero-order valence-electron chi connectivity index (χ0n) is 15.7. The number of piperazine rings is 1. The second-order valence-corrected chi connectivity index (χ2v) is 6.98. The van der Waals surface area contributed by atoms with Gasteiger partial charge in [-0.1, -0.05) is 44.2 Å². The molecule has 0 amide bonds. The first-order valence-corrected chi connectivity index (χ1v) is 9.16. The molecule has 0 aromatic heterocycles. The Balaban J connectivity index is 0.00000312. The molecule has 1 fully saturated rings. The van der Waals surface area contributed by atoms with Gasteiger partial charge >= 0.3 is 0 Å². The van der Waals surface area contributed by atoms with E-state index in [0.717, 1.165) is 58.8 Å². The number of rotatable bonds is 8. The molecule has 2 rings (SSSR count). The lowest BCUT2D eigenvalue weighted by Crippen LogP contribution is -2.48. The SMILES string of the molecule is CC(C)CCN=C(N)NCCN1CCN(Cc2ccccc2)CC1.I. The molecule has 0 unspecified atom stereocenters. The van der Waals surface area contributed by atoms with Crippen LogP contribution in [-0.2, 0) is 6.54 Å². The second-order valence-electron chi connectivity index (χ2n) is 6.98. The van der Waals surface area contributed by atoms with Crippen LogP contribution in [0.5, 0.6) is 0 Å². The van der Waals surface area contributed by atoms with Crippen molar-refractivity contribution in [1.82, 2.24) is 15.1 Å². The van der Waals surface area contributed by atoms with Gasteiger partial charge in [-0.25, -0.2) is 0 Å². The van der Waals surface area contributed by atoms with Gasteiger partial charge in [0.25, 0.3) is 0 Å². The molecule has 1 heterocycles. The van der Waals surface area contributed by atoms with Crippen LogP contribution in [-0.4, -0.2) is 61.6 Å². The minimum absolute atomic E-state index is 0. The topological polar surface area (TPSA) is 56.9 Å². The number of aliphatic imine (C=N–C) groups is 1. The summed E-state index contributed by atoms with van der Waals surface area (Å²) in [5.41, 5.74) is 7.30. The quantitative estimate of drug-likeness (QED) is 0.356. The Morgan fingerprint density at radius 3 is 2.40 bits per heavy atom. The van der Waals surface area contributed by atoms with Crippen molar-refractivity contribution in [2.45, 2.75) is 26.8 Å². The Hall–Kier alpha value is -0.860. The summed E-state index contributed by atoms with van der Waals surface area (Å²) >= 11 is 0. The van der Waals surface area contributed by atoms with Gasteiger partial charge in [-0.3, -0.25) is 14.8 Å². The first-order chi connectivity index (χ1) is 11.6. The van der Waals surface area contributed by atoms with E-state index in [1.54, 1.807) is 0 Å². The summed E-state index contributed by atoms with van der Waals surface area (Å²) < 4.78 is 0. The van der Waals surface area contributed by atoms with Gasteiger partial charge < -0.3 is 11.1 Å². The van der Waals surface area contributed by atoms with Gasteiger partial charge in [0, 0.05) is 52.4 Å². The molecule has 0 spiro atoms. The van der Waals surface area contributed by atoms with Gasteiger partial charge in [-0.2, -0.15) is 0 Å². The normalized spacial score (nSPS) is 16.7. The fourth-order valence-corrected chi connectivity index (χ4v) is 2.85. The number of hydrogen-bond donors (Lipinski definition) is 2. The molecule has 25 heavy (non-hydrogen) atoms. The lowest BCUT2D eigenvalue weighted by molar-refractivity contribution is 0.129. The fourth-order valence-electron chi connectivity index (χ4n) is 2.85. The molecule has 0 bridgehead atoms. The van der Waals surface area contributed by atoms with E-state index in [1.165, 1.54) is 5.56 Å². The number of guanidine groups is 1. The van der Waals surface area contributed by atoms with E-state index < -0.39 is 0 Å². The highest BCUT2D eigenvalue weighted by Gasteiger charge is 2.16. The van der Waals surface area contributed by atoms with Crippen LogP contribution in [0.1, 0.15) is 25.8 Å². The summed E-state index contributed by atoms with van der Waals surface area (Å²) in [5, 5.41) is 3.23. The lowest BCUT2D eigenvalue weighted by atomic mass is 10.1. The summed E-state index contributed by atoms with van der Waals surface area (Å²) in [5.74, 6) is 1.26. The molecule has 0 radical (unpaired) electrons. The molecule has 1 aromatic carbocycles. The van der Waals surface area contributed by atoms with Crippen molar-refractivity contribution in [2.24, 2.45) is 16.6 Å². The summed E-state index contributed by atoms with van der Waals surface area (Å²) in [4.78, 5) is 9.39. The molecule has 0 saturated carbocycles. The minimum atomic E-state index is 0. The van der Waals surface area contributed by atoms with E-state index in [1.807, 2.05) is 0 Å². The summed E-state index contributed by atoms with van der Waals surface area (Å²) in [6.07, 6.45) is 1.09. The molecular formula is C19H34IN5. The van der Waals surface area contributed by atoms with Gasteiger partial charge in [0.15, 0.2) is 5.96 Å². The van der Waals surface area contributed by atoms with Crippen LogP contribution in [0, 0.1) is 5.92 Å². The summed E-state index contributed by atoms with van der Waals surface area (Å²) in [7, 11) is 0. The predicted octanol–water partition coefficient (Wildman–Crippen LogP) is 2.37. The standard InChI is InChI=1S/C19H33N5.HI/c1-17(2)8-9-21-19(20)22-10-11-23-12-14-24(15-13-23)16-18-6-4-3-5-7-18;/h3-7,17H,8-16H2,1-2H3,(H3,20,21,22);1H. The van der Waals surface area contributed by atoms with Crippen molar-refractivity contribution in [2.75, 3.05) is 45.8 Å². The maximum Gasteiger partial charge on any atom is 0.188 e. The molecule has 142 valence electrons. The summed E-state index contributed by atoms with van der Waals surface area (Å²) in [6.45, 7) is 12.7. The predicted molar refractivity (Wildman–Crippen MR) is 118 cm³/mol. The molecule has 1 aliphatic heterocycles. The Labute approximate surface area is 170 Å². The van der Waals surface area contributed by atoms with E-state index in [0.29, 0.717) is 11.9 Å². The van der Waals surface area contributed by atoms with Crippen LogP contribution in [0.2, 0.25) is 0 Å². The fraction of sp³-hybridized carbons (Fsp3) is 0.632. The lowest BCUT2D eigenvalue weighted by Gasteiger charge is -2.34. The highest BCUT2D eigenvalue weighted by atomic mass is 127. The van der Waals surface area contributed by atoms with Crippen molar-refractivity contribution in [1.29, 1.82) is 0 Å². The first-order valence-electron chi connectivity index (χ1n) is 9.16. The van der Waals surface area contributed by atoms with Gasteiger partial charge in [0.1, 0.15) is 0 Å². The number of halogens is 1. The van der Waals surface area contributed by atoms with Crippen LogP contribution >= 0.6 is 24.0 Å². The Morgan fingerprint density at radius 1 is 1.12 bits per heavy atom. The monoisotopic (exact) mass is 459 g/mol. The van der Waals surface area contributed by atoms with Gasteiger partial charge in [-0.15, -0.1) is 24.0 Å². The first kappa shape index (κ1) is 22.2. The maximum absolute atomic E-state index is 5.90. The van der Waals surface area contributed by atoms with Crippen LogP contribution in [0.3, 0.4) is 0 Å². The highest BCUT2D eigenvalue weighted by molar-refractivity contribution is 14.0. The van der Waals surface area contributed by atoms with E-state index in [2.05, 4.69) is 64.3 Å². The molecule has 0 atom stereocenters. The van der Waals surface area contributed by atoms with Crippen molar-refractivity contribution < 1.29 is 0 Å². The molecule has 5 nitrogen and oxygen atoms in total. The van der Waals surface area contributed by atoms with Crippen molar-refractivity contribution in [3.05, 3.63) is 35.9 Å². The van der Waals surface area contributed by atoms with Gasteiger partial charge in [0.05, 0.1) is 0 Å². The van der Waals surface area contributed by atoms with E-state index in [9.17, 15) is 0 Å². The number of nitrogens with zero attached hydrogens (tertiary/aromatic N) is 3. The molecule has 0 aliphatic carbocycles. The Kier molecular flexibility index (Phi) is 11.1. The smallest absolute Gasteiger partial charge is 0.188 e. The zero-order chi connectivity index (χ0) is 17.2. The number of nitrogens with one attached hydrogen (secondary N) is 1. The third-order valence-corrected chi connectivity index (χ3v) is 4.44. The van der Waals surface area contributed by atoms with Crippen LogP contribution in [0.15, 0.2) is 35.3 Å². The van der Waals surface area contributed by atoms with Gasteiger partial charge in [-0.05, 0) is 17.9 Å². The third kappa shape index (κ3) is 9.42. The summed E-state index contributed by atoms with van der Waals surface area (Å²) in [6, 6.07) is 10.7. The average molecular weight is 459 g/mol. The largest absolute Gasteiger partial charge is 0.370 e. The third-order valence-electron chi connectivity index (χ3n) is 4.44. The van der Waals surface area contributed by atoms with E-state index in [-0.39, 0.29) is 24.0 Å². The van der Waals surface area contributed by atoms with Crippen molar-refractivity contribution in [3.63, 3.8) is 0 Å². The maximum atomic E-state index is 5.90. The van der Waals surface area contributed by atoms with Crippen LogP contribution in [0.25, 0.3) is 0 Å². The second kappa shape index (κ2) is 12.5. The number of benzene rings is 1. The van der Waals surface area contributed by atoms with Crippen LogP contribution in [0.4, 0.5) is 0 Å². The number of hydrogen-bond acceptors (Lipinski definition) is 3.